The summed E-state index contributed by atoms with van der Waals surface area (Å²) in [6, 6.07) is 13.7. The van der Waals surface area contributed by atoms with Crippen molar-refractivity contribution in [3.8, 4) is 11.5 Å². The fourth-order valence-electron chi connectivity index (χ4n) is 3.79. The Morgan fingerprint density at radius 3 is 2.58 bits per heavy atom. The Balaban J connectivity index is 1.84. The lowest BCUT2D eigenvalue weighted by Crippen LogP contribution is -2.27. The van der Waals surface area contributed by atoms with E-state index in [2.05, 4.69) is 15.9 Å². The number of allylic oxidation sites excluding steroid dienone is 1. The van der Waals surface area contributed by atoms with Crippen molar-refractivity contribution < 1.29 is 23.8 Å². The molecule has 0 amide bonds. The molecule has 2 aromatic carbocycles. The molecule has 0 fully saturated rings. The Morgan fingerprint density at radius 2 is 1.90 bits per heavy atom. The van der Waals surface area contributed by atoms with Crippen molar-refractivity contribution in [1.82, 2.24) is 0 Å². The van der Waals surface area contributed by atoms with Crippen LogP contribution in [0, 0.1) is 5.92 Å². The predicted molar refractivity (Wildman–Crippen MR) is 122 cm³/mol. The first-order chi connectivity index (χ1) is 15.0. The highest BCUT2D eigenvalue weighted by Crippen LogP contribution is 2.40. The molecule has 0 radical (unpaired) electrons. The molecule has 164 valence electrons. The average Bonchev–Trinajstić information content (AvgIpc) is 2.77. The Morgan fingerprint density at radius 1 is 1.16 bits per heavy atom. The van der Waals surface area contributed by atoms with Crippen LogP contribution in [-0.4, -0.2) is 25.5 Å². The second-order valence-electron chi connectivity index (χ2n) is 7.45. The number of ketones is 1. The summed E-state index contributed by atoms with van der Waals surface area (Å²) in [7, 11) is 1.59. The summed E-state index contributed by atoms with van der Waals surface area (Å²) in [6.45, 7) is 4.40. The van der Waals surface area contributed by atoms with Crippen molar-refractivity contribution in [2.24, 2.45) is 5.92 Å². The highest BCUT2D eigenvalue weighted by atomic mass is 79.9. The minimum absolute atomic E-state index is 0.0771. The zero-order valence-electron chi connectivity index (χ0n) is 18.1. The molecular weight excluding hydrogens is 460 g/mol. The van der Waals surface area contributed by atoms with Crippen LogP contribution in [0.4, 0.5) is 0 Å². The quantitative estimate of drug-likeness (QED) is 0.465. The van der Waals surface area contributed by atoms with Gasteiger partial charge in [0.05, 0.1) is 24.1 Å². The van der Waals surface area contributed by atoms with E-state index in [1.54, 1.807) is 14.0 Å². The summed E-state index contributed by atoms with van der Waals surface area (Å²) in [5.74, 6) is 0.658. The van der Waals surface area contributed by atoms with Gasteiger partial charge in [-0.2, -0.15) is 0 Å². The largest absolute Gasteiger partial charge is 0.492 e. The van der Waals surface area contributed by atoms with Gasteiger partial charge >= 0.3 is 5.97 Å². The number of carbonyl (C=O) groups excluding carboxylic acids is 2. The molecule has 6 heteroatoms. The summed E-state index contributed by atoms with van der Waals surface area (Å²) in [5, 5.41) is 0. The van der Waals surface area contributed by atoms with Crippen molar-refractivity contribution in [1.29, 1.82) is 0 Å². The summed E-state index contributed by atoms with van der Waals surface area (Å²) < 4.78 is 17.5. The summed E-state index contributed by atoms with van der Waals surface area (Å²) in [5.41, 5.74) is 3.43. The second-order valence-corrected chi connectivity index (χ2v) is 8.24. The molecule has 0 spiro atoms. The molecule has 0 saturated heterocycles. The van der Waals surface area contributed by atoms with Gasteiger partial charge in [-0.1, -0.05) is 42.0 Å². The van der Waals surface area contributed by atoms with Gasteiger partial charge in [-0.15, -0.1) is 0 Å². The maximum absolute atomic E-state index is 12.6. The van der Waals surface area contributed by atoms with E-state index >= 15 is 0 Å². The van der Waals surface area contributed by atoms with E-state index in [1.165, 1.54) is 0 Å². The van der Waals surface area contributed by atoms with Crippen LogP contribution in [0.1, 0.15) is 37.8 Å². The Labute approximate surface area is 191 Å². The van der Waals surface area contributed by atoms with Gasteiger partial charge in [0.25, 0.3) is 0 Å². The number of hydrogen-bond acceptors (Lipinski definition) is 5. The molecule has 0 aliphatic heterocycles. The normalized spacial score (nSPS) is 16.3. The van der Waals surface area contributed by atoms with E-state index in [4.69, 9.17) is 14.2 Å². The first-order valence-corrected chi connectivity index (χ1v) is 11.2. The van der Waals surface area contributed by atoms with Gasteiger partial charge in [-0.25, -0.2) is 0 Å². The smallest absolute Gasteiger partial charge is 0.313 e. The van der Waals surface area contributed by atoms with Crippen LogP contribution in [0.2, 0.25) is 0 Å². The van der Waals surface area contributed by atoms with Crippen LogP contribution in [0.5, 0.6) is 11.5 Å². The standard InChI is InChI=1S/C25H27BrO5/c1-4-30-25(28)19-11-12-21(27)20(16(19)2)14-18-10-13-22(24(29-3)23(18)26)31-15-17-8-6-5-7-9-17/h5-10,13,19H,4,11-12,14-15H2,1-3H3. The molecule has 3 rings (SSSR count). The monoisotopic (exact) mass is 486 g/mol. The molecule has 0 N–H and O–H groups in total. The number of ether oxygens (including phenoxy) is 3. The van der Waals surface area contributed by atoms with Gasteiger partial charge in [-0.05, 0) is 59.0 Å². The molecule has 1 unspecified atom stereocenters. The minimum atomic E-state index is -0.359. The maximum atomic E-state index is 12.6. The van der Waals surface area contributed by atoms with Crippen LogP contribution >= 0.6 is 15.9 Å². The number of methoxy groups -OCH3 is 1. The number of Topliss-reactive ketones (excluding diaryl/α,β-unsaturated/α-hetero) is 1. The second kappa shape index (κ2) is 10.6. The van der Waals surface area contributed by atoms with Gasteiger partial charge in [-0.3, -0.25) is 9.59 Å². The van der Waals surface area contributed by atoms with Crippen molar-refractivity contribution in [2.45, 2.75) is 39.7 Å². The van der Waals surface area contributed by atoms with E-state index in [9.17, 15) is 9.59 Å². The zero-order chi connectivity index (χ0) is 22.4. The van der Waals surface area contributed by atoms with Crippen LogP contribution in [0.15, 0.2) is 58.1 Å². The van der Waals surface area contributed by atoms with Gasteiger partial charge in [0.15, 0.2) is 17.3 Å². The number of esters is 1. The van der Waals surface area contributed by atoms with Gasteiger partial charge in [0, 0.05) is 12.8 Å². The number of rotatable bonds is 8. The average molecular weight is 487 g/mol. The molecule has 31 heavy (non-hydrogen) atoms. The lowest BCUT2D eigenvalue weighted by atomic mass is 9.80. The Hall–Kier alpha value is -2.60. The van der Waals surface area contributed by atoms with Crippen molar-refractivity contribution in [3.63, 3.8) is 0 Å². The van der Waals surface area contributed by atoms with Crippen molar-refractivity contribution in [2.75, 3.05) is 13.7 Å². The fraction of sp³-hybridized carbons (Fsp3) is 0.360. The summed E-state index contributed by atoms with van der Waals surface area (Å²) >= 11 is 3.62. The van der Waals surface area contributed by atoms with Gasteiger partial charge < -0.3 is 14.2 Å². The lowest BCUT2D eigenvalue weighted by molar-refractivity contribution is -0.147. The van der Waals surface area contributed by atoms with Gasteiger partial charge in [0.1, 0.15) is 6.61 Å². The lowest BCUT2D eigenvalue weighted by Gasteiger charge is -2.25. The summed E-state index contributed by atoms with van der Waals surface area (Å²) in [6.07, 6.45) is 1.27. The van der Waals surface area contributed by atoms with Crippen LogP contribution < -0.4 is 9.47 Å². The molecule has 5 nitrogen and oxygen atoms in total. The molecule has 2 aromatic rings. The topological polar surface area (TPSA) is 61.8 Å². The van der Waals surface area contributed by atoms with Crippen molar-refractivity contribution >= 4 is 27.7 Å². The van der Waals surface area contributed by atoms with Gasteiger partial charge in [0.2, 0.25) is 0 Å². The van der Waals surface area contributed by atoms with E-state index < -0.39 is 0 Å². The number of hydrogen-bond donors (Lipinski definition) is 0. The van der Waals surface area contributed by atoms with Crippen LogP contribution in [0.25, 0.3) is 0 Å². The molecule has 0 saturated carbocycles. The molecule has 1 atom stereocenters. The zero-order valence-corrected chi connectivity index (χ0v) is 19.7. The fourth-order valence-corrected chi connectivity index (χ4v) is 4.42. The third kappa shape index (κ3) is 5.37. The third-order valence-electron chi connectivity index (χ3n) is 5.52. The van der Waals surface area contributed by atoms with E-state index in [-0.39, 0.29) is 17.7 Å². The Kier molecular flexibility index (Phi) is 7.91. The Bertz CT molecular complexity index is 981. The molecule has 1 aliphatic carbocycles. The predicted octanol–water partition coefficient (Wildman–Crippen LogP) is 5.44. The third-order valence-corrected chi connectivity index (χ3v) is 6.39. The minimum Gasteiger partial charge on any atom is -0.492 e. The van der Waals surface area contributed by atoms with Crippen molar-refractivity contribution in [3.05, 3.63) is 69.2 Å². The van der Waals surface area contributed by atoms with E-state index in [0.29, 0.717) is 49.5 Å². The number of carbonyl (C=O) groups is 2. The first-order valence-electron chi connectivity index (χ1n) is 10.4. The molecule has 1 aliphatic rings. The van der Waals surface area contributed by atoms with E-state index in [0.717, 1.165) is 21.2 Å². The van der Waals surface area contributed by atoms with E-state index in [1.807, 2.05) is 49.4 Å². The van der Waals surface area contributed by atoms with Crippen LogP contribution in [0.3, 0.4) is 0 Å². The highest BCUT2D eigenvalue weighted by molar-refractivity contribution is 9.10. The highest BCUT2D eigenvalue weighted by Gasteiger charge is 2.32. The summed E-state index contributed by atoms with van der Waals surface area (Å²) in [4.78, 5) is 24.9. The molecule has 0 heterocycles. The molecule has 0 aromatic heterocycles. The molecular formula is C25H27BrO5. The first kappa shape index (κ1) is 23.1. The molecule has 0 bridgehead atoms. The van der Waals surface area contributed by atoms with Crippen LogP contribution in [-0.2, 0) is 27.4 Å². The maximum Gasteiger partial charge on any atom is 0.313 e. The number of halogens is 1. The number of benzene rings is 2. The SMILES string of the molecule is CCOC(=O)C1CCC(=O)C(Cc2ccc(OCc3ccccc3)c(OC)c2Br)=C1C.